The zero-order valence-electron chi connectivity index (χ0n) is 14.8. The average molecular weight is 384 g/mol. The van der Waals surface area contributed by atoms with Crippen molar-refractivity contribution in [3.05, 3.63) is 47.1 Å². The molecule has 0 radical (unpaired) electrons. The number of aromatic nitrogens is 5. The van der Waals surface area contributed by atoms with Gasteiger partial charge in [-0.25, -0.2) is 4.98 Å². The summed E-state index contributed by atoms with van der Waals surface area (Å²) in [5.41, 5.74) is 0.759. The van der Waals surface area contributed by atoms with Gasteiger partial charge in [-0.15, -0.1) is 15.3 Å². The molecule has 0 atom stereocenters. The zero-order valence-corrected chi connectivity index (χ0v) is 15.7. The summed E-state index contributed by atoms with van der Waals surface area (Å²) in [5, 5.41) is 21.2. The molecule has 0 aliphatic carbocycles. The zero-order chi connectivity index (χ0) is 18.9. The first-order valence-electron chi connectivity index (χ1n) is 8.61. The third-order valence-electron chi connectivity index (χ3n) is 3.55. The molecule has 0 fully saturated rings. The first kappa shape index (κ1) is 18.6. The van der Waals surface area contributed by atoms with Crippen molar-refractivity contribution in [2.24, 2.45) is 0 Å². The highest BCUT2D eigenvalue weighted by Gasteiger charge is 2.14. The fourth-order valence-corrected chi connectivity index (χ4v) is 2.91. The lowest BCUT2D eigenvalue weighted by Crippen LogP contribution is -2.29. The van der Waals surface area contributed by atoms with Gasteiger partial charge in [0.2, 0.25) is 0 Å². The highest BCUT2D eigenvalue weighted by molar-refractivity contribution is 7.08. The molecule has 3 heterocycles. The second-order valence-corrected chi connectivity index (χ2v) is 6.38. The van der Waals surface area contributed by atoms with E-state index in [1.54, 1.807) is 6.20 Å². The van der Waals surface area contributed by atoms with E-state index in [0.29, 0.717) is 35.4 Å². The van der Waals surface area contributed by atoms with E-state index < -0.39 is 0 Å². The number of hydrogen-bond donors (Lipinski definition) is 3. The Morgan fingerprint density at radius 2 is 1.89 bits per heavy atom. The Hall–Kier alpha value is -3.14. The number of anilines is 3. The van der Waals surface area contributed by atoms with E-state index in [1.165, 1.54) is 0 Å². The summed E-state index contributed by atoms with van der Waals surface area (Å²) in [4.78, 5) is 16.9. The van der Waals surface area contributed by atoms with Gasteiger partial charge in [0, 0.05) is 19.3 Å². The molecule has 0 saturated carbocycles. The number of nitrogens with zero attached hydrogens (tertiary/aromatic N) is 5. The van der Waals surface area contributed by atoms with Gasteiger partial charge in [-0.2, -0.15) is 0 Å². The van der Waals surface area contributed by atoms with Crippen LogP contribution in [0.25, 0.3) is 0 Å². The molecular formula is C17H20N8OS. The average Bonchev–Trinajstić information content (AvgIpc) is 3.16. The standard InChI is InChI=1S/C17H20N8OS/c1-2-5-12-16(27-25-22-12)17(26)20-11-10-19-14-7-8-15(24-23-14)21-13-6-3-4-9-18-13/h3-4,6-9H,2,5,10-11H2,1H3,(H,19,23)(H,20,26)(H,18,21,24). The molecule has 3 N–H and O–H groups in total. The van der Waals surface area contributed by atoms with Gasteiger partial charge in [-0.1, -0.05) is 23.9 Å². The van der Waals surface area contributed by atoms with Crippen LogP contribution in [0.4, 0.5) is 17.5 Å². The molecule has 0 aliphatic rings. The smallest absolute Gasteiger partial charge is 0.265 e. The van der Waals surface area contributed by atoms with Crippen molar-refractivity contribution >= 4 is 34.9 Å². The van der Waals surface area contributed by atoms with Gasteiger partial charge < -0.3 is 16.0 Å². The van der Waals surface area contributed by atoms with Gasteiger partial charge in [0.05, 0.1) is 5.69 Å². The van der Waals surface area contributed by atoms with E-state index >= 15 is 0 Å². The topological polar surface area (TPSA) is 118 Å². The number of amides is 1. The van der Waals surface area contributed by atoms with E-state index in [4.69, 9.17) is 0 Å². The van der Waals surface area contributed by atoms with Crippen LogP contribution in [0.15, 0.2) is 36.5 Å². The Labute approximate surface area is 160 Å². The quantitative estimate of drug-likeness (QED) is 0.481. The van der Waals surface area contributed by atoms with Crippen LogP contribution in [0.5, 0.6) is 0 Å². The number of carbonyl (C=O) groups is 1. The largest absolute Gasteiger partial charge is 0.367 e. The minimum Gasteiger partial charge on any atom is -0.367 e. The maximum absolute atomic E-state index is 12.2. The van der Waals surface area contributed by atoms with Gasteiger partial charge in [0.15, 0.2) is 5.82 Å². The fourth-order valence-electron chi connectivity index (χ4n) is 2.29. The lowest BCUT2D eigenvalue weighted by Gasteiger charge is -2.08. The molecule has 9 nitrogen and oxygen atoms in total. The third kappa shape index (κ3) is 5.42. The summed E-state index contributed by atoms with van der Waals surface area (Å²) in [6.45, 7) is 3.03. The van der Waals surface area contributed by atoms with Crippen LogP contribution < -0.4 is 16.0 Å². The van der Waals surface area contributed by atoms with Crippen LogP contribution in [0.3, 0.4) is 0 Å². The molecule has 27 heavy (non-hydrogen) atoms. The van der Waals surface area contributed by atoms with Crippen LogP contribution in [0.1, 0.15) is 28.7 Å². The predicted octanol–water partition coefficient (Wildman–Crippen LogP) is 2.26. The van der Waals surface area contributed by atoms with E-state index in [9.17, 15) is 4.79 Å². The van der Waals surface area contributed by atoms with Crippen molar-refractivity contribution in [2.75, 3.05) is 23.7 Å². The maximum Gasteiger partial charge on any atom is 0.265 e. The van der Waals surface area contributed by atoms with Crippen LogP contribution in [0, 0.1) is 0 Å². The molecule has 0 unspecified atom stereocenters. The number of pyridine rings is 1. The van der Waals surface area contributed by atoms with E-state index in [0.717, 1.165) is 30.1 Å². The monoisotopic (exact) mass is 384 g/mol. The normalized spacial score (nSPS) is 10.4. The number of aryl methyl sites for hydroxylation is 1. The van der Waals surface area contributed by atoms with Crippen molar-refractivity contribution < 1.29 is 4.79 Å². The fraction of sp³-hybridized carbons (Fsp3) is 0.294. The molecule has 0 aliphatic heterocycles. The van der Waals surface area contributed by atoms with Gasteiger partial charge in [-0.05, 0) is 42.2 Å². The van der Waals surface area contributed by atoms with Gasteiger partial charge >= 0.3 is 0 Å². The van der Waals surface area contributed by atoms with Crippen LogP contribution in [-0.2, 0) is 6.42 Å². The SMILES string of the molecule is CCCc1nnsc1C(=O)NCCNc1ccc(Nc2ccccn2)nn1. The Bertz CT molecular complexity index is 853. The van der Waals surface area contributed by atoms with Crippen LogP contribution >= 0.6 is 11.5 Å². The molecule has 3 aromatic heterocycles. The summed E-state index contributed by atoms with van der Waals surface area (Å²) in [5.74, 6) is 1.79. The highest BCUT2D eigenvalue weighted by Crippen LogP contribution is 2.13. The van der Waals surface area contributed by atoms with Gasteiger partial charge in [-0.3, -0.25) is 4.79 Å². The van der Waals surface area contributed by atoms with Crippen molar-refractivity contribution in [3.63, 3.8) is 0 Å². The van der Waals surface area contributed by atoms with Crippen LogP contribution in [0.2, 0.25) is 0 Å². The van der Waals surface area contributed by atoms with Crippen molar-refractivity contribution in [1.29, 1.82) is 0 Å². The van der Waals surface area contributed by atoms with Crippen molar-refractivity contribution in [3.8, 4) is 0 Å². The lowest BCUT2D eigenvalue weighted by atomic mass is 10.2. The summed E-state index contributed by atoms with van der Waals surface area (Å²) in [6.07, 6.45) is 3.39. The number of rotatable bonds is 9. The number of carbonyl (C=O) groups excluding carboxylic acids is 1. The molecule has 0 saturated heterocycles. The highest BCUT2D eigenvalue weighted by atomic mass is 32.1. The summed E-state index contributed by atoms with van der Waals surface area (Å²) in [7, 11) is 0. The molecule has 3 aromatic rings. The number of hydrogen-bond acceptors (Lipinski definition) is 9. The molecule has 10 heteroatoms. The second-order valence-electron chi connectivity index (χ2n) is 5.63. The molecule has 0 aromatic carbocycles. The number of nitrogens with one attached hydrogen (secondary N) is 3. The van der Waals surface area contributed by atoms with Crippen molar-refractivity contribution in [1.82, 2.24) is 30.1 Å². The van der Waals surface area contributed by atoms with Crippen LogP contribution in [-0.4, -0.2) is 43.8 Å². The summed E-state index contributed by atoms with van der Waals surface area (Å²) < 4.78 is 3.86. The molecular weight excluding hydrogens is 364 g/mol. The lowest BCUT2D eigenvalue weighted by molar-refractivity contribution is 0.0958. The Kier molecular flexibility index (Phi) is 6.58. The Morgan fingerprint density at radius 1 is 1.04 bits per heavy atom. The summed E-state index contributed by atoms with van der Waals surface area (Å²) in [6, 6.07) is 9.20. The van der Waals surface area contributed by atoms with Gasteiger partial charge in [0.1, 0.15) is 16.5 Å². The molecule has 1 amide bonds. The van der Waals surface area contributed by atoms with Crippen molar-refractivity contribution in [2.45, 2.75) is 19.8 Å². The maximum atomic E-state index is 12.2. The molecule has 140 valence electrons. The molecule has 0 bridgehead atoms. The van der Waals surface area contributed by atoms with E-state index in [1.807, 2.05) is 37.3 Å². The summed E-state index contributed by atoms with van der Waals surface area (Å²) >= 11 is 1.13. The molecule has 0 spiro atoms. The second kappa shape index (κ2) is 9.53. The predicted molar refractivity (Wildman–Crippen MR) is 104 cm³/mol. The Morgan fingerprint density at radius 3 is 2.63 bits per heavy atom. The Balaban J connectivity index is 1.42. The minimum absolute atomic E-state index is 0.142. The first-order chi connectivity index (χ1) is 13.3. The first-order valence-corrected chi connectivity index (χ1v) is 9.38. The van der Waals surface area contributed by atoms with E-state index in [-0.39, 0.29) is 5.91 Å². The van der Waals surface area contributed by atoms with E-state index in [2.05, 4.69) is 40.7 Å². The molecule has 3 rings (SSSR count). The third-order valence-corrected chi connectivity index (χ3v) is 4.32. The minimum atomic E-state index is -0.142. The van der Waals surface area contributed by atoms with Gasteiger partial charge in [0.25, 0.3) is 5.91 Å².